The van der Waals surface area contributed by atoms with Gasteiger partial charge in [-0.05, 0) is 43.7 Å². The van der Waals surface area contributed by atoms with Crippen LogP contribution >= 0.6 is 0 Å². The highest BCUT2D eigenvalue weighted by Crippen LogP contribution is 2.35. The molecule has 0 radical (unpaired) electrons. The van der Waals surface area contributed by atoms with Crippen LogP contribution in [0.1, 0.15) is 23.7 Å². The van der Waals surface area contributed by atoms with Crippen LogP contribution in [0.15, 0.2) is 48.5 Å². The first-order valence-corrected chi connectivity index (χ1v) is 8.09. The molecular weight excluding hydrogens is 322 g/mol. The van der Waals surface area contributed by atoms with Crippen molar-refractivity contribution in [2.75, 3.05) is 18.1 Å². The maximum Gasteiger partial charge on any atom is 0.335 e. The van der Waals surface area contributed by atoms with Crippen molar-refractivity contribution in [3.63, 3.8) is 0 Å². The van der Waals surface area contributed by atoms with Crippen molar-refractivity contribution < 1.29 is 24.2 Å². The lowest BCUT2D eigenvalue weighted by Crippen LogP contribution is -2.45. The number of nitrogens with zero attached hydrogens (tertiary/aromatic N) is 1. The van der Waals surface area contributed by atoms with Gasteiger partial charge in [-0.2, -0.15) is 0 Å². The molecule has 0 aliphatic carbocycles. The molecule has 1 atom stereocenters. The highest BCUT2D eigenvalue weighted by atomic mass is 16.5. The van der Waals surface area contributed by atoms with Crippen LogP contribution in [-0.4, -0.2) is 36.2 Å². The van der Waals surface area contributed by atoms with E-state index in [4.69, 9.17) is 14.6 Å². The Morgan fingerprint density at radius 1 is 1.24 bits per heavy atom. The van der Waals surface area contributed by atoms with Crippen LogP contribution in [0.25, 0.3) is 0 Å². The second kappa shape index (κ2) is 7.25. The predicted octanol–water partition coefficient (Wildman–Crippen LogP) is 2.97. The second-order valence-corrected chi connectivity index (χ2v) is 5.75. The van der Waals surface area contributed by atoms with Gasteiger partial charge in [0.25, 0.3) is 5.91 Å². The summed E-state index contributed by atoms with van der Waals surface area (Å²) < 4.78 is 11.2. The van der Waals surface area contributed by atoms with E-state index in [0.29, 0.717) is 31.0 Å². The predicted molar refractivity (Wildman–Crippen MR) is 92.4 cm³/mol. The van der Waals surface area contributed by atoms with E-state index in [2.05, 4.69) is 0 Å². The fourth-order valence-electron chi connectivity index (χ4n) is 2.70. The molecule has 6 nitrogen and oxygen atoms in total. The summed E-state index contributed by atoms with van der Waals surface area (Å²) in [4.78, 5) is 25.2. The van der Waals surface area contributed by atoms with Crippen molar-refractivity contribution in [1.29, 1.82) is 0 Å². The molecule has 1 aliphatic rings. The molecule has 2 aromatic carbocycles. The van der Waals surface area contributed by atoms with Gasteiger partial charge in [0.05, 0.1) is 17.9 Å². The van der Waals surface area contributed by atoms with Crippen LogP contribution in [0.4, 0.5) is 5.69 Å². The summed E-state index contributed by atoms with van der Waals surface area (Å²) >= 11 is 0. The molecule has 1 N–H and O–H groups in total. The number of fused-ring (bicyclic) bond motifs is 1. The van der Waals surface area contributed by atoms with Gasteiger partial charge in [-0.15, -0.1) is 0 Å². The second-order valence-electron chi connectivity index (χ2n) is 5.75. The number of carboxylic acid groups (broad SMARTS) is 1. The van der Waals surface area contributed by atoms with Crippen molar-refractivity contribution in [3.05, 3.63) is 54.1 Å². The first-order valence-electron chi connectivity index (χ1n) is 8.09. The molecule has 1 heterocycles. The van der Waals surface area contributed by atoms with E-state index in [1.54, 1.807) is 17.9 Å². The molecule has 0 spiro atoms. The standard InChI is InChI=1S/C19H19NO5/c1-13-18(21)20(10-5-11-24-15-6-3-2-4-7-15)16-12-14(19(22)23)8-9-17(16)25-13/h2-4,6-9,12-13H,5,10-11H2,1H3,(H,22,23). The Labute approximate surface area is 145 Å². The number of rotatable bonds is 6. The van der Waals surface area contributed by atoms with E-state index < -0.39 is 12.1 Å². The molecule has 0 fully saturated rings. The summed E-state index contributed by atoms with van der Waals surface area (Å²) in [5.74, 6) is 0.0646. The van der Waals surface area contributed by atoms with Gasteiger partial charge in [0, 0.05) is 6.54 Å². The van der Waals surface area contributed by atoms with E-state index in [9.17, 15) is 9.59 Å². The number of ether oxygens (including phenoxy) is 2. The quantitative estimate of drug-likeness (QED) is 0.818. The Morgan fingerprint density at radius 2 is 2.00 bits per heavy atom. The van der Waals surface area contributed by atoms with Gasteiger partial charge in [0.2, 0.25) is 0 Å². The first-order chi connectivity index (χ1) is 12.1. The summed E-state index contributed by atoms with van der Waals surface area (Å²) in [5.41, 5.74) is 0.609. The smallest absolute Gasteiger partial charge is 0.335 e. The van der Waals surface area contributed by atoms with Crippen molar-refractivity contribution in [2.45, 2.75) is 19.4 Å². The minimum atomic E-state index is -1.04. The topological polar surface area (TPSA) is 76.1 Å². The highest BCUT2D eigenvalue weighted by molar-refractivity contribution is 6.01. The zero-order valence-electron chi connectivity index (χ0n) is 13.8. The number of carbonyl (C=O) groups excluding carboxylic acids is 1. The molecule has 0 saturated carbocycles. The molecule has 0 aromatic heterocycles. The Kier molecular flexibility index (Phi) is 4.88. The van der Waals surface area contributed by atoms with E-state index in [1.807, 2.05) is 30.3 Å². The SMILES string of the molecule is CC1Oc2ccc(C(=O)O)cc2N(CCCOc2ccccc2)C1=O. The van der Waals surface area contributed by atoms with Gasteiger partial charge in [0.1, 0.15) is 11.5 Å². The summed E-state index contributed by atoms with van der Waals surface area (Å²) in [6, 6.07) is 14.0. The third-order valence-corrected chi connectivity index (χ3v) is 3.95. The number of para-hydroxylation sites is 1. The van der Waals surface area contributed by atoms with Crippen LogP contribution in [0.3, 0.4) is 0 Å². The average molecular weight is 341 g/mol. The molecule has 3 rings (SSSR count). The lowest BCUT2D eigenvalue weighted by molar-refractivity contribution is -0.125. The number of carbonyl (C=O) groups is 2. The Balaban J connectivity index is 1.70. The summed E-state index contributed by atoms with van der Waals surface area (Å²) in [7, 11) is 0. The molecule has 25 heavy (non-hydrogen) atoms. The van der Waals surface area contributed by atoms with Gasteiger partial charge < -0.3 is 19.5 Å². The van der Waals surface area contributed by atoms with Crippen LogP contribution in [0, 0.1) is 0 Å². The lowest BCUT2D eigenvalue weighted by atomic mass is 10.1. The molecular formula is C19H19NO5. The van der Waals surface area contributed by atoms with Crippen LogP contribution in [0.5, 0.6) is 11.5 Å². The highest BCUT2D eigenvalue weighted by Gasteiger charge is 2.31. The maximum absolute atomic E-state index is 12.4. The van der Waals surface area contributed by atoms with E-state index in [-0.39, 0.29) is 11.5 Å². The van der Waals surface area contributed by atoms with E-state index >= 15 is 0 Å². The van der Waals surface area contributed by atoms with Crippen LogP contribution in [0.2, 0.25) is 0 Å². The number of carboxylic acids is 1. The zero-order chi connectivity index (χ0) is 17.8. The fourth-order valence-corrected chi connectivity index (χ4v) is 2.70. The number of aromatic carboxylic acids is 1. The van der Waals surface area contributed by atoms with Crippen molar-refractivity contribution in [3.8, 4) is 11.5 Å². The third-order valence-electron chi connectivity index (χ3n) is 3.95. The molecule has 1 unspecified atom stereocenters. The molecule has 0 bridgehead atoms. The number of hydrogen-bond acceptors (Lipinski definition) is 4. The van der Waals surface area contributed by atoms with Gasteiger partial charge in [0.15, 0.2) is 6.10 Å². The van der Waals surface area contributed by atoms with E-state index in [0.717, 1.165) is 5.75 Å². The molecule has 2 aromatic rings. The largest absolute Gasteiger partial charge is 0.494 e. The molecule has 6 heteroatoms. The van der Waals surface area contributed by atoms with E-state index in [1.165, 1.54) is 12.1 Å². The molecule has 1 aliphatic heterocycles. The fraction of sp³-hybridized carbons (Fsp3) is 0.263. The number of anilines is 1. The Hall–Kier alpha value is -3.02. The Bertz CT molecular complexity index is 775. The average Bonchev–Trinajstić information content (AvgIpc) is 2.62. The maximum atomic E-state index is 12.4. The van der Waals surface area contributed by atoms with Crippen molar-refractivity contribution >= 4 is 17.6 Å². The van der Waals surface area contributed by atoms with Crippen molar-refractivity contribution in [1.82, 2.24) is 0 Å². The van der Waals surface area contributed by atoms with Crippen LogP contribution in [-0.2, 0) is 4.79 Å². The summed E-state index contributed by atoms with van der Waals surface area (Å²) in [6.45, 7) is 2.57. The third kappa shape index (κ3) is 3.74. The van der Waals surface area contributed by atoms with Gasteiger partial charge in [-0.25, -0.2) is 4.79 Å². The van der Waals surface area contributed by atoms with Gasteiger partial charge in [-0.3, -0.25) is 4.79 Å². The summed E-state index contributed by atoms with van der Waals surface area (Å²) in [6.07, 6.45) is 0.0163. The normalized spacial score (nSPS) is 16.1. The lowest BCUT2D eigenvalue weighted by Gasteiger charge is -2.33. The monoisotopic (exact) mass is 341 g/mol. The molecule has 1 amide bonds. The van der Waals surface area contributed by atoms with Crippen molar-refractivity contribution in [2.24, 2.45) is 0 Å². The minimum absolute atomic E-state index is 0.121. The molecule has 0 saturated heterocycles. The van der Waals surface area contributed by atoms with Gasteiger partial charge >= 0.3 is 5.97 Å². The first kappa shape index (κ1) is 16.8. The van der Waals surface area contributed by atoms with Gasteiger partial charge in [-0.1, -0.05) is 18.2 Å². The zero-order valence-corrected chi connectivity index (χ0v) is 13.8. The summed E-state index contributed by atoms with van der Waals surface area (Å²) in [5, 5.41) is 9.17. The number of hydrogen-bond donors (Lipinski definition) is 1. The minimum Gasteiger partial charge on any atom is -0.494 e. The van der Waals surface area contributed by atoms with Crippen LogP contribution < -0.4 is 14.4 Å². The number of benzene rings is 2. The number of amides is 1. The molecule has 130 valence electrons. The Morgan fingerprint density at radius 3 is 2.72 bits per heavy atom.